The summed E-state index contributed by atoms with van der Waals surface area (Å²) in [4.78, 5) is 26.0. The Morgan fingerprint density at radius 3 is 1.95 bits per heavy atom. The zero-order chi connectivity index (χ0) is 15.7. The van der Waals surface area contributed by atoms with Crippen molar-refractivity contribution in [2.75, 3.05) is 0 Å². The van der Waals surface area contributed by atoms with Crippen LogP contribution in [0.25, 0.3) is 0 Å². The Balaban J connectivity index is 2.35. The van der Waals surface area contributed by atoms with E-state index in [4.69, 9.17) is 4.74 Å². The lowest BCUT2D eigenvalue weighted by Gasteiger charge is -2.33. The number of rotatable bonds is 5. The zero-order valence-electron chi connectivity index (χ0n) is 12.2. The lowest BCUT2D eigenvalue weighted by Crippen LogP contribution is -2.51. The minimum Gasteiger partial charge on any atom is -0.366 e. The summed E-state index contributed by atoms with van der Waals surface area (Å²) in [6, 6.07) is 5.89. The molecule has 0 aromatic heterocycles. The molecule has 6 heteroatoms. The molecule has 0 saturated carbocycles. The molecular formula is C15H19NO4S. The summed E-state index contributed by atoms with van der Waals surface area (Å²) in [6.45, 7) is 5.31. The minimum absolute atomic E-state index is 0.158. The van der Waals surface area contributed by atoms with E-state index in [1.54, 1.807) is 31.2 Å². The maximum Gasteiger partial charge on any atom is 0.261 e. The number of thiol groups is 1. The second kappa shape index (κ2) is 6.17. The molecule has 114 valence electrons. The van der Waals surface area contributed by atoms with Gasteiger partial charge in [0.15, 0.2) is 6.29 Å². The Hall–Kier alpha value is -1.37. The standard InChI is InChI=1S/C15H19NO4S/c1-8(2)12(15(19)20-9(3)21)16-13(17)10-6-4-5-7-11(10)14(16)18/h4-9,12,15,19,21H,1-3H3. The first-order valence-electron chi connectivity index (χ1n) is 6.83. The number of carbonyl (C=O) groups is 2. The molecular weight excluding hydrogens is 290 g/mol. The molecule has 1 aromatic carbocycles. The van der Waals surface area contributed by atoms with E-state index in [9.17, 15) is 14.7 Å². The van der Waals surface area contributed by atoms with E-state index in [-0.39, 0.29) is 5.92 Å². The van der Waals surface area contributed by atoms with Gasteiger partial charge in [-0.1, -0.05) is 26.0 Å². The van der Waals surface area contributed by atoms with Gasteiger partial charge in [-0.15, -0.1) is 12.6 Å². The number of carbonyl (C=O) groups excluding carboxylic acids is 2. The summed E-state index contributed by atoms with van der Waals surface area (Å²) >= 11 is 4.07. The lowest BCUT2D eigenvalue weighted by molar-refractivity contribution is -0.146. The number of amides is 2. The van der Waals surface area contributed by atoms with Crippen LogP contribution in [0.1, 0.15) is 41.5 Å². The van der Waals surface area contributed by atoms with Crippen molar-refractivity contribution in [2.45, 2.75) is 38.5 Å². The van der Waals surface area contributed by atoms with Crippen LogP contribution in [0, 0.1) is 5.92 Å². The van der Waals surface area contributed by atoms with Crippen LogP contribution in [-0.4, -0.2) is 39.6 Å². The van der Waals surface area contributed by atoms with E-state index in [2.05, 4.69) is 12.6 Å². The van der Waals surface area contributed by atoms with Crippen molar-refractivity contribution in [1.82, 2.24) is 4.90 Å². The second-order valence-corrected chi connectivity index (χ2v) is 6.11. The zero-order valence-corrected chi connectivity index (χ0v) is 13.1. The van der Waals surface area contributed by atoms with Gasteiger partial charge in [0.1, 0.15) is 5.44 Å². The smallest absolute Gasteiger partial charge is 0.261 e. The molecule has 0 fully saturated rings. The van der Waals surface area contributed by atoms with Crippen molar-refractivity contribution < 1.29 is 19.4 Å². The lowest BCUT2D eigenvalue weighted by atomic mass is 10.0. The van der Waals surface area contributed by atoms with Gasteiger partial charge in [-0.3, -0.25) is 14.5 Å². The Kier molecular flexibility index (Phi) is 4.70. The van der Waals surface area contributed by atoms with Crippen molar-refractivity contribution in [3.63, 3.8) is 0 Å². The minimum atomic E-state index is -1.28. The summed E-state index contributed by atoms with van der Waals surface area (Å²) in [5, 5.41) is 10.2. The summed E-state index contributed by atoms with van der Waals surface area (Å²) in [6.07, 6.45) is -1.28. The van der Waals surface area contributed by atoms with Crippen LogP contribution in [-0.2, 0) is 4.74 Å². The van der Waals surface area contributed by atoms with Gasteiger partial charge in [-0.05, 0) is 25.0 Å². The van der Waals surface area contributed by atoms with Crippen LogP contribution in [0.15, 0.2) is 24.3 Å². The highest BCUT2D eigenvalue weighted by molar-refractivity contribution is 7.80. The number of hydrogen-bond donors (Lipinski definition) is 2. The van der Waals surface area contributed by atoms with Gasteiger partial charge in [0.05, 0.1) is 17.2 Å². The number of imide groups is 1. The number of aliphatic hydroxyl groups is 1. The molecule has 0 saturated heterocycles. The van der Waals surface area contributed by atoms with Crippen molar-refractivity contribution in [1.29, 1.82) is 0 Å². The maximum absolute atomic E-state index is 12.5. The number of nitrogens with zero attached hydrogens (tertiary/aromatic N) is 1. The fourth-order valence-electron chi connectivity index (χ4n) is 2.52. The molecule has 1 heterocycles. The second-order valence-electron chi connectivity index (χ2n) is 5.39. The molecule has 5 nitrogen and oxygen atoms in total. The van der Waals surface area contributed by atoms with Gasteiger partial charge >= 0.3 is 0 Å². The Bertz CT molecular complexity index is 523. The van der Waals surface area contributed by atoms with Crippen LogP contribution in [0.4, 0.5) is 0 Å². The quantitative estimate of drug-likeness (QED) is 0.495. The third kappa shape index (κ3) is 2.97. The largest absolute Gasteiger partial charge is 0.366 e. The first-order chi connectivity index (χ1) is 9.84. The van der Waals surface area contributed by atoms with Crippen LogP contribution >= 0.6 is 12.6 Å². The SMILES string of the molecule is CC(S)OC(O)C(C(C)C)N1C(=O)c2ccccc2C1=O. The molecule has 0 spiro atoms. The highest BCUT2D eigenvalue weighted by Crippen LogP contribution is 2.29. The number of benzene rings is 1. The van der Waals surface area contributed by atoms with E-state index >= 15 is 0 Å². The van der Waals surface area contributed by atoms with Crippen molar-refractivity contribution in [3.8, 4) is 0 Å². The molecule has 21 heavy (non-hydrogen) atoms. The average molecular weight is 309 g/mol. The third-order valence-electron chi connectivity index (χ3n) is 3.44. The fraction of sp³-hybridized carbons (Fsp3) is 0.467. The monoisotopic (exact) mass is 309 g/mol. The number of ether oxygens (including phenoxy) is 1. The van der Waals surface area contributed by atoms with Crippen LogP contribution in [0.3, 0.4) is 0 Å². The summed E-state index contributed by atoms with van der Waals surface area (Å²) in [5.41, 5.74) is 0.218. The number of hydrogen-bond acceptors (Lipinski definition) is 5. The highest BCUT2D eigenvalue weighted by Gasteiger charge is 2.44. The molecule has 1 N–H and O–H groups in total. The maximum atomic E-state index is 12.5. The van der Waals surface area contributed by atoms with Crippen molar-refractivity contribution >= 4 is 24.4 Å². The molecule has 0 radical (unpaired) electrons. The predicted molar refractivity (Wildman–Crippen MR) is 81.1 cm³/mol. The van der Waals surface area contributed by atoms with Crippen LogP contribution in [0.5, 0.6) is 0 Å². The molecule has 1 aromatic rings. The van der Waals surface area contributed by atoms with E-state index in [0.717, 1.165) is 4.90 Å². The van der Waals surface area contributed by atoms with E-state index < -0.39 is 29.6 Å². The van der Waals surface area contributed by atoms with Crippen LogP contribution < -0.4 is 0 Å². The predicted octanol–water partition coefficient (Wildman–Crippen LogP) is 1.92. The molecule has 0 bridgehead atoms. The van der Waals surface area contributed by atoms with Gasteiger partial charge in [-0.25, -0.2) is 0 Å². The Labute approximate surface area is 129 Å². The molecule has 0 aliphatic carbocycles. The summed E-state index contributed by atoms with van der Waals surface area (Å²) in [7, 11) is 0. The molecule has 3 unspecified atom stereocenters. The Morgan fingerprint density at radius 2 is 1.57 bits per heavy atom. The van der Waals surface area contributed by atoms with E-state index in [1.807, 2.05) is 13.8 Å². The molecule has 3 atom stereocenters. The summed E-state index contributed by atoms with van der Waals surface area (Å²) < 4.78 is 5.26. The topological polar surface area (TPSA) is 66.8 Å². The molecule has 1 aliphatic heterocycles. The van der Waals surface area contributed by atoms with Gasteiger partial charge in [-0.2, -0.15) is 0 Å². The van der Waals surface area contributed by atoms with E-state index in [0.29, 0.717) is 11.1 Å². The van der Waals surface area contributed by atoms with Gasteiger partial charge in [0, 0.05) is 0 Å². The van der Waals surface area contributed by atoms with E-state index in [1.165, 1.54) is 0 Å². The fourth-order valence-corrected chi connectivity index (χ4v) is 2.64. The Morgan fingerprint density at radius 1 is 1.10 bits per heavy atom. The van der Waals surface area contributed by atoms with Crippen molar-refractivity contribution in [2.24, 2.45) is 5.92 Å². The van der Waals surface area contributed by atoms with Gasteiger partial charge < -0.3 is 9.84 Å². The summed E-state index contributed by atoms with van der Waals surface area (Å²) in [5.74, 6) is -0.957. The number of aliphatic hydroxyl groups excluding tert-OH is 1. The molecule has 2 rings (SSSR count). The van der Waals surface area contributed by atoms with Crippen molar-refractivity contribution in [3.05, 3.63) is 35.4 Å². The normalized spacial score (nSPS) is 18.9. The molecule has 1 aliphatic rings. The third-order valence-corrected chi connectivity index (χ3v) is 3.56. The van der Waals surface area contributed by atoms with Gasteiger partial charge in [0.2, 0.25) is 0 Å². The van der Waals surface area contributed by atoms with Crippen LogP contribution in [0.2, 0.25) is 0 Å². The molecule has 2 amide bonds. The highest BCUT2D eigenvalue weighted by atomic mass is 32.1. The average Bonchev–Trinajstić information content (AvgIpc) is 2.64. The van der Waals surface area contributed by atoms with Gasteiger partial charge in [0.25, 0.3) is 11.8 Å². The first kappa shape index (κ1) is 16.0. The first-order valence-corrected chi connectivity index (χ1v) is 7.34. The number of fused-ring (bicyclic) bond motifs is 1.